The van der Waals surface area contributed by atoms with Gasteiger partial charge >= 0.3 is 0 Å². The van der Waals surface area contributed by atoms with E-state index >= 15 is 0 Å². The molecule has 0 amide bonds. The van der Waals surface area contributed by atoms with Gasteiger partial charge in [-0.2, -0.15) is 0 Å². The molecule has 0 fully saturated rings. The van der Waals surface area contributed by atoms with Gasteiger partial charge in [-0.25, -0.2) is 4.98 Å². The van der Waals surface area contributed by atoms with E-state index in [4.69, 9.17) is 16.3 Å². The van der Waals surface area contributed by atoms with Crippen LogP contribution in [-0.2, 0) is 0 Å². The van der Waals surface area contributed by atoms with Crippen LogP contribution in [0, 0.1) is 6.92 Å². The van der Waals surface area contributed by atoms with Crippen LogP contribution in [0.2, 0.25) is 5.15 Å². The Morgan fingerprint density at radius 1 is 1.24 bits per heavy atom. The van der Waals surface area contributed by atoms with Crippen LogP contribution in [0.3, 0.4) is 0 Å². The number of halogens is 1. The van der Waals surface area contributed by atoms with Crippen LogP contribution in [-0.4, -0.2) is 12.1 Å². The smallest absolute Gasteiger partial charge is 0.142 e. The summed E-state index contributed by atoms with van der Waals surface area (Å²) in [7, 11) is 1.65. The minimum absolute atomic E-state index is 0.460. The zero-order valence-electron chi connectivity index (χ0n) is 9.70. The Hall–Kier alpha value is -1.74. The van der Waals surface area contributed by atoms with Crippen molar-refractivity contribution in [3.05, 3.63) is 47.2 Å². The summed E-state index contributed by atoms with van der Waals surface area (Å²) in [5.41, 5.74) is 2.96. The molecule has 4 heteroatoms. The molecule has 1 heterocycles. The van der Waals surface area contributed by atoms with E-state index in [1.165, 1.54) is 0 Å². The van der Waals surface area contributed by atoms with E-state index in [2.05, 4.69) is 10.3 Å². The topological polar surface area (TPSA) is 34.1 Å². The third-order valence-corrected chi connectivity index (χ3v) is 2.57. The highest BCUT2D eigenvalue weighted by Gasteiger charge is 2.03. The number of nitrogens with one attached hydrogen (secondary N) is 1. The number of pyridine rings is 1. The van der Waals surface area contributed by atoms with E-state index in [-0.39, 0.29) is 0 Å². The van der Waals surface area contributed by atoms with Gasteiger partial charge in [0, 0.05) is 11.9 Å². The van der Waals surface area contributed by atoms with Crippen molar-refractivity contribution in [2.45, 2.75) is 6.92 Å². The summed E-state index contributed by atoms with van der Waals surface area (Å²) in [4.78, 5) is 3.94. The molecule has 0 radical (unpaired) electrons. The Balaban J connectivity index is 2.32. The van der Waals surface area contributed by atoms with Crippen LogP contribution in [0.15, 0.2) is 36.5 Å². The number of rotatable bonds is 3. The number of benzene rings is 1. The molecule has 0 aliphatic carbocycles. The second kappa shape index (κ2) is 5.06. The van der Waals surface area contributed by atoms with Gasteiger partial charge in [-0.15, -0.1) is 0 Å². The molecule has 0 atom stereocenters. The molecule has 2 aromatic rings. The molecule has 0 saturated heterocycles. The molecular formula is C13H13ClN2O. The number of ether oxygens (including phenoxy) is 1. The van der Waals surface area contributed by atoms with Gasteiger partial charge < -0.3 is 10.1 Å². The first-order chi connectivity index (χ1) is 8.19. The quantitative estimate of drug-likeness (QED) is 0.839. The third kappa shape index (κ3) is 2.88. The van der Waals surface area contributed by atoms with Gasteiger partial charge in [0.25, 0.3) is 0 Å². The van der Waals surface area contributed by atoms with Gasteiger partial charge in [-0.3, -0.25) is 0 Å². The van der Waals surface area contributed by atoms with Crippen LogP contribution in [0.5, 0.6) is 5.75 Å². The molecule has 88 valence electrons. The molecule has 0 unspecified atom stereocenters. The molecule has 17 heavy (non-hydrogen) atoms. The Kier molecular flexibility index (Phi) is 3.49. The summed E-state index contributed by atoms with van der Waals surface area (Å²) in [6.45, 7) is 2.03. The number of nitrogens with zero attached hydrogens (tertiary/aromatic N) is 1. The van der Waals surface area contributed by atoms with Crippen LogP contribution in [0.1, 0.15) is 5.56 Å². The number of anilines is 2. The summed E-state index contributed by atoms with van der Waals surface area (Å²) in [5, 5.41) is 3.72. The molecule has 0 saturated carbocycles. The fourth-order valence-corrected chi connectivity index (χ4v) is 1.73. The summed E-state index contributed by atoms with van der Waals surface area (Å²) < 4.78 is 5.29. The van der Waals surface area contributed by atoms with Gasteiger partial charge in [-0.05, 0) is 36.8 Å². The second-order valence-corrected chi connectivity index (χ2v) is 4.08. The average molecular weight is 249 g/mol. The maximum absolute atomic E-state index is 5.83. The van der Waals surface area contributed by atoms with Crippen molar-refractivity contribution >= 4 is 23.0 Å². The van der Waals surface area contributed by atoms with Crippen molar-refractivity contribution in [2.75, 3.05) is 12.4 Å². The van der Waals surface area contributed by atoms with Crippen molar-refractivity contribution in [3.8, 4) is 5.75 Å². The van der Waals surface area contributed by atoms with Crippen LogP contribution >= 0.6 is 11.6 Å². The van der Waals surface area contributed by atoms with E-state index in [0.29, 0.717) is 5.15 Å². The normalized spacial score (nSPS) is 10.1. The molecular weight excluding hydrogens is 236 g/mol. The summed E-state index contributed by atoms with van der Waals surface area (Å²) in [5.74, 6) is 0.795. The lowest BCUT2D eigenvalue weighted by Crippen LogP contribution is -1.95. The average Bonchev–Trinajstić information content (AvgIpc) is 2.29. The van der Waals surface area contributed by atoms with Gasteiger partial charge in [0.2, 0.25) is 0 Å². The number of aryl methyl sites for hydroxylation is 1. The molecule has 1 aromatic carbocycles. The van der Waals surface area contributed by atoms with Crippen LogP contribution in [0.25, 0.3) is 0 Å². The summed E-state index contributed by atoms with van der Waals surface area (Å²) in [6.07, 6.45) is 1.66. The van der Waals surface area contributed by atoms with Crippen molar-refractivity contribution in [3.63, 3.8) is 0 Å². The molecule has 0 aliphatic heterocycles. The zero-order chi connectivity index (χ0) is 12.3. The molecule has 1 N–H and O–H groups in total. The minimum Gasteiger partial charge on any atom is -0.495 e. The zero-order valence-corrected chi connectivity index (χ0v) is 10.5. The SMILES string of the molecule is COc1ccc(C)cc1Nc1ccnc(Cl)c1. The highest BCUT2D eigenvalue weighted by Crippen LogP contribution is 2.28. The Labute approximate surface area is 105 Å². The summed E-state index contributed by atoms with van der Waals surface area (Å²) >= 11 is 5.83. The second-order valence-electron chi connectivity index (χ2n) is 3.70. The van der Waals surface area contributed by atoms with E-state index in [1.807, 2.05) is 31.2 Å². The van der Waals surface area contributed by atoms with Crippen molar-refractivity contribution in [2.24, 2.45) is 0 Å². The van der Waals surface area contributed by atoms with Gasteiger partial charge in [-0.1, -0.05) is 17.7 Å². The summed E-state index contributed by atoms with van der Waals surface area (Å²) in [6, 6.07) is 9.58. The predicted molar refractivity (Wildman–Crippen MR) is 70.3 cm³/mol. The largest absolute Gasteiger partial charge is 0.495 e. The van der Waals surface area contributed by atoms with Crippen LogP contribution in [0.4, 0.5) is 11.4 Å². The molecule has 0 spiro atoms. The lowest BCUT2D eigenvalue weighted by Gasteiger charge is -2.11. The molecule has 0 bridgehead atoms. The maximum atomic E-state index is 5.83. The molecule has 0 aliphatic rings. The van der Waals surface area contributed by atoms with Crippen LogP contribution < -0.4 is 10.1 Å². The Bertz CT molecular complexity index is 529. The number of hydrogen-bond donors (Lipinski definition) is 1. The van der Waals surface area contributed by atoms with E-state index in [1.54, 1.807) is 19.4 Å². The fourth-order valence-electron chi connectivity index (χ4n) is 1.56. The van der Waals surface area contributed by atoms with Gasteiger partial charge in [0.15, 0.2) is 0 Å². The Morgan fingerprint density at radius 2 is 2.06 bits per heavy atom. The number of methoxy groups -OCH3 is 1. The third-order valence-electron chi connectivity index (χ3n) is 2.36. The maximum Gasteiger partial charge on any atom is 0.142 e. The lowest BCUT2D eigenvalue weighted by molar-refractivity contribution is 0.416. The number of aromatic nitrogens is 1. The fraction of sp³-hybridized carbons (Fsp3) is 0.154. The molecule has 1 aromatic heterocycles. The van der Waals surface area contributed by atoms with Gasteiger partial charge in [0.1, 0.15) is 10.9 Å². The predicted octanol–water partition coefficient (Wildman–Crippen LogP) is 3.80. The van der Waals surface area contributed by atoms with E-state index < -0.39 is 0 Å². The standard InChI is InChI=1S/C13H13ClN2O/c1-9-3-4-12(17-2)11(7-9)16-10-5-6-15-13(14)8-10/h3-8H,1-2H3,(H,15,16). The van der Waals surface area contributed by atoms with Crippen molar-refractivity contribution < 1.29 is 4.74 Å². The monoisotopic (exact) mass is 248 g/mol. The van der Waals surface area contributed by atoms with E-state index in [9.17, 15) is 0 Å². The van der Waals surface area contributed by atoms with Crippen molar-refractivity contribution in [1.29, 1.82) is 0 Å². The first-order valence-electron chi connectivity index (χ1n) is 5.22. The molecule has 3 nitrogen and oxygen atoms in total. The highest BCUT2D eigenvalue weighted by atomic mass is 35.5. The lowest BCUT2D eigenvalue weighted by atomic mass is 10.2. The number of hydrogen-bond acceptors (Lipinski definition) is 3. The Morgan fingerprint density at radius 3 is 2.76 bits per heavy atom. The van der Waals surface area contributed by atoms with Crippen molar-refractivity contribution in [1.82, 2.24) is 4.98 Å². The van der Waals surface area contributed by atoms with E-state index in [0.717, 1.165) is 22.7 Å². The first-order valence-corrected chi connectivity index (χ1v) is 5.60. The minimum atomic E-state index is 0.460. The van der Waals surface area contributed by atoms with Gasteiger partial charge in [0.05, 0.1) is 12.8 Å². The highest BCUT2D eigenvalue weighted by molar-refractivity contribution is 6.29. The molecule has 2 rings (SSSR count). The first kappa shape index (κ1) is 11.7.